The van der Waals surface area contributed by atoms with Gasteiger partial charge in [-0.1, -0.05) is 478 Å². The van der Waals surface area contributed by atoms with Crippen LogP contribution in [0.25, 0.3) is 32.3 Å². The van der Waals surface area contributed by atoms with E-state index in [9.17, 15) is 5.11 Å². The number of aliphatic hydroxyl groups is 1. The van der Waals surface area contributed by atoms with Gasteiger partial charge in [0.25, 0.3) is 0 Å². The summed E-state index contributed by atoms with van der Waals surface area (Å²) in [6.45, 7) is 12.0. The number of rotatable bonds is 89. The van der Waals surface area contributed by atoms with Crippen molar-refractivity contribution in [3.8, 4) is 0 Å². The molecule has 4 rings (SSSR count). The van der Waals surface area contributed by atoms with E-state index in [1.54, 1.807) is 24.5 Å². The molecule has 0 aliphatic rings. The van der Waals surface area contributed by atoms with Gasteiger partial charge in [0.1, 0.15) is 0 Å². The molecule has 654 valence electrons. The second kappa shape index (κ2) is 80.1. The van der Waals surface area contributed by atoms with Crippen molar-refractivity contribution < 1.29 is 5.11 Å². The zero-order chi connectivity index (χ0) is 80.1. The molecule has 0 fully saturated rings. The van der Waals surface area contributed by atoms with Crippen LogP contribution in [0.4, 0.5) is 0 Å². The lowest BCUT2D eigenvalue weighted by Gasteiger charge is -2.20. The van der Waals surface area contributed by atoms with Crippen molar-refractivity contribution in [2.45, 2.75) is 552 Å². The second-order valence-electron chi connectivity index (χ2n) is 35.5. The summed E-state index contributed by atoms with van der Waals surface area (Å²) < 4.78 is 0. The molecule has 0 bridgehead atoms. The first-order valence-corrected chi connectivity index (χ1v) is 56.9. The fraction of sp³-hybridized carbons (Fsp3) is 0.830. The van der Waals surface area contributed by atoms with Crippen molar-refractivity contribution in [1.29, 1.82) is 0 Å². The summed E-state index contributed by atoms with van der Waals surface area (Å²) in [6, 6.07) is 16.6. The van der Waals surface area contributed by atoms with Gasteiger partial charge in [-0.25, -0.2) is 0 Å². The van der Waals surface area contributed by atoms with Crippen LogP contribution in [0, 0.1) is 0 Å². The molecule has 0 aliphatic carbocycles. The first-order chi connectivity index (χ1) is 56.1. The maximum Gasteiger partial charge on any atom is 0.0431 e. The SMILES string of the molecule is CCCCCCCCCCCCCCCCSc1cc2c(cc1SCCCCCCCCO)c1cc(SCCCCCCCCCCCCCCCC)c(SCCCCCCCCCCCCCCCC)cc1c1cc(SCCCCCCCCCCCCCCCC)c(SCCCCCCCCCCCCCCCC)cc21. The van der Waals surface area contributed by atoms with Gasteiger partial charge in [0.2, 0.25) is 0 Å². The summed E-state index contributed by atoms with van der Waals surface area (Å²) in [5.74, 6) is 7.30. The molecule has 1 nitrogen and oxygen atoms in total. The van der Waals surface area contributed by atoms with Crippen LogP contribution in [0.5, 0.6) is 0 Å². The Morgan fingerprint density at radius 2 is 0.239 bits per heavy atom. The Hall–Kier alpha value is -0.280. The van der Waals surface area contributed by atoms with Crippen LogP contribution in [0.3, 0.4) is 0 Å². The summed E-state index contributed by atoms with van der Waals surface area (Å²) >= 11 is 13.2. The molecule has 0 saturated heterocycles. The summed E-state index contributed by atoms with van der Waals surface area (Å²) in [5.41, 5.74) is 0. The molecule has 7 heteroatoms. The molecule has 0 aliphatic heterocycles. The van der Waals surface area contributed by atoms with Crippen LogP contribution in [0.15, 0.2) is 65.8 Å². The highest BCUT2D eigenvalue weighted by Crippen LogP contribution is 2.48. The van der Waals surface area contributed by atoms with Crippen LogP contribution in [-0.4, -0.2) is 46.2 Å². The minimum atomic E-state index is 0.334. The summed E-state index contributed by atoms with van der Waals surface area (Å²) in [6.07, 6.45) is 106. The average Bonchev–Trinajstić information content (AvgIpc) is 0.727. The third-order valence-electron chi connectivity index (χ3n) is 24.7. The summed E-state index contributed by atoms with van der Waals surface area (Å²) in [4.78, 5) is 9.32. The minimum absolute atomic E-state index is 0.334. The molecule has 0 unspecified atom stereocenters. The quantitative estimate of drug-likeness (QED) is 0.0267. The highest BCUT2D eigenvalue weighted by atomic mass is 32.2. The lowest BCUT2D eigenvalue weighted by Crippen LogP contribution is -1.94. The van der Waals surface area contributed by atoms with E-state index in [4.69, 9.17) is 0 Å². The van der Waals surface area contributed by atoms with Gasteiger partial charge in [-0.15, -0.1) is 70.6 Å². The third kappa shape index (κ3) is 56.2. The topological polar surface area (TPSA) is 20.2 Å². The van der Waals surface area contributed by atoms with E-state index < -0.39 is 0 Å². The van der Waals surface area contributed by atoms with Crippen molar-refractivity contribution in [2.24, 2.45) is 0 Å². The molecule has 0 amide bonds. The van der Waals surface area contributed by atoms with E-state index in [2.05, 4.69) is 142 Å². The molecule has 0 radical (unpaired) electrons. The molecule has 113 heavy (non-hydrogen) atoms. The standard InChI is InChI=1S/C106H188OS6/c1-6-11-16-21-26-31-36-41-46-51-56-62-69-76-83-108-101-89-95-96-90-102(109-84-77-70-63-57-52-47-42-37-32-27-22-17-12-7-2)104(111-86-79-72-65-59-54-49-44-39-34-29-24-19-14-9-4)92-98(96)100-94-106(113-88-81-74-67-61-68-75-82-107)105(112-87-80-73-66-60-55-50-45-40-35-30-25-20-15-10-5)93-99(100)97(95)91-103(101)110-85-78-71-64-58-53-48-43-38-33-28-23-18-13-8-3/h89-94,107H,6-88H2,1-5H3. The van der Waals surface area contributed by atoms with E-state index in [0.717, 1.165) is 12.8 Å². The van der Waals surface area contributed by atoms with Crippen molar-refractivity contribution in [3.05, 3.63) is 36.4 Å². The molecule has 4 aromatic carbocycles. The first-order valence-electron chi connectivity index (χ1n) is 51.0. The number of fused-ring (bicyclic) bond motifs is 6. The molecule has 0 atom stereocenters. The molecule has 0 heterocycles. The van der Waals surface area contributed by atoms with E-state index in [1.165, 1.54) is 547 Å². The highest BCUT2D eigenvalue weighted by molar-refractivity contribution is 8.03. The first kappa shape index (κ1) is 105. The number of unbranched alkanes of at least 4 members (excludes halogenated alkanes) is 70. The van der Waals surface area contributed by atoms with Crippen molar-refractivity contribution >= 4 is 103 Å². The Balaban J connectivity index is 1.71. The van der Waals surface area contributed by atoms with Crippen LogP contribution in [0.2, 0.25) is 0 Å². The number of benzene rings is 4. The summed E-state index contributed by atoms with van der Waals surface area (Å²) in [5, 5.41) is 18.6. The maximum absolute atomic E-state index is 9.54. The molecule has 0 spiro atoms. The maximum atomic E-state index is 9.54. The van der Waals surface area contributed by atoms with Crippen LogP contribution in [0.1, 0.15) is 523 Å². The summed E-state index contributed by atoms with van der Waals surface area (Å²) in [7, 11) is 0. The van der Waals surface area contributed by atoms with Crippen LogP contribution < -0.4 is 0 Å². The van der Waals surface area contributed by atoms with E-state index in [-0.39, 0.29) is 0 Å². The molecule has 1 N–H and O–H groups in total. The van der Waals surface area contributed by atoms with E-state index in [1.807, 2.05) is 0 Å². The van der Waals surface area contributed by atoms with Crippen LogP contribution in [-0.2, 0) is 0 Å². The number of aliphatic hydroxyl groups excluding tert-OH is 1. The predicted molar refractivity (Wildman–Crippen MR) is 530 cm³/mol. The monoisotopic (exact) mass is 1670 g/mol. The molecule has 0 aromatic heterocycles. The lowest BCUT2D eigenvalue weighted by atomic mass is 9.94. The van der Waals surface area contributed by atoms with E-state index in [0.29, 0.717) is 6.61 Å². The Morgan fingerprint density at radius 3 is 0.345 bits per heavy atom. The van der Waals surface area contributed by atoms with Crippen molar-refractivity contribution in [3.63, 3.8) is 0 Å². The Labute approximate surface area is 731 Å². The molecular formula is C106H188OS6. The van der Waals surface area contributed by atoms with Gasteiger partial charge in [-0.05, 0) is 148 Å². The Morgan fingerprint density at radius 1 is 0.142 bits per heavy atom. The largest absolute Gasteiger partial charge is 0.396 e. The van der Waals surface area contributed by atoms with Crippen molar-refractivity contribution in [1.82, 2.24) is 0 Å². The fourth-order valence-electron chi connectivity index (χ4n) is 17.2. The van der Waals surface area contributed by atoms with Gasteiger partial charge < -0.3 is 5.11 Å². The van der Waals surface area contributed by atoms with Gasteiger partial charge in [0.15, 0.2) is 0 Å². The number of hydrogen-bond donors (Lipinski definition) is 1. The van der Waals surface area contributed by atoms with Gasteiger partial charge in [-0.3, -0.25) is 0 Å². The number of thioether (sulfide) groups is 6. The normalized spacial score (nSPS) is 11.9. The van der Waals surface area contributed by atoms with Gasteiger partial charge in [-0.2, -0.15) is 0 Å². The second-order valence-corrected chi connectivity index (χ2v) is 42.3. The van der Waals surface area contributed by atoms with Gasteiger partial charge >= 0.3 is 0 Å². The zero-order valence-electron chi connectivity index (χ0n) is 76.1. The Bertz CT molecular complexity index is 2630. The van der Waals surface area contributed by atoms with Gasteiger partial charge in [0, 0.05) is 36.0 Å². The number of hydrogen-bond acceptors (Lipinski definition) is 7. The van der Waals surface area contributed by atoms with E-state index >= 15 is 0 Å². The molecule has 0 saturated carbocycles. The Kier molecular flexibility index (Phi) is 74.5. The van der Waals surface area contributed by atoms with Crippen LogP contribution >= 0.6 is 70.6 Å². The minimum Gasteiger partial charge on any atom is -0.396 e. The fourth-order valence-corrected chi connectivity index (χ4v) is 24.1. The lowest BCUT2D eigenvalue weighted by molar-refractivity contribution is 0.282. The van der Waals surface area contributed by atoms with Gasteiger partial charge in [0.05, 0.1) is 0 Å². The zero-order valence-corrected chi connectivity index (χ0v) is 80.9. The molecule has 4 aromatic rings. The highest BCUT2D eigenvalue weighted by Gasteiger charge is 2.20. The predicted octanol–water partition coefficient (Wildman–Crippen LogP) is 40.4. The smallest absolute Gasteiger partial charge is 0.0431 e. The third-order valence-corrected chi connectivity index (χ3v) is 31.9. The molecular weight excluding hydrogens is 1480 g/mol. The van der Waals surface area contributed by atoms with Crippen molar-refractivity contribution in [2.75, 3.05) is 41.1 Å². The average molecular weight is 1670 g/mol.